The van der Waals surface area contributed by atoms with Gasteiger partial charge in [0.25, 0.3) is 11.6 Å². The largest absolute Gasteiger partial charge is 0.288 e. The lowest BCUT2D eigenvalue weighted by Gasteiger charge is -2.02. The van der Waals surface area contributed by atoms with E-state index >= 15 is 0 Å². The van der Waals surface area contributed by atoms with Gasteiger partial charge in [0.15, 0.2) is 0 Å². The summed E-state index contributed by atoms with van der Waals surface area (Å²) in [7, 11) is 0. The standard InChI is InChI=1S/C11H12ClN3O3/c1-3-7(2)13-14-11(16)8-4-5-9(12)10(6-8)15(17)18/h4-6H,3H2,1-2H3,(H,14,16). The Morgan fingerprint density at radius 2 is 2.22 bits per heavy atom. The van der Waals surface area contributed by atoms with Gasteiger partial charge >= 0.3 is 0 Å². The first-order valence-corrected chi connectivity index (χ1v) is 5.61. The third-order valence-corrected chi connectivity index (χ3v) is 2.58. The third kappa shape index (κ3) is 3.53. The molecule has 1 rings (SSSR count). The van der Waals surface area contributed by atoms with E-state index in [1.165, 1.54) is 12.1 Å². The lowest BCUT2D eigenvalue weighted by Crippen LogP contribution is -2.19. The van der Waals surface area contributed by atoms with Gasteiger partial charge in [-0.2, -0.15) is 5.10 Å². The number of rotatable bonds is 4. The highest BCUT2D eigenvalue weighted by atomic mass is 35.5. The van der Waals surface area contributed by atoms with Crippen molar-refractivity contribution in [1.29, 1.82) is 0 Å². The highest BCUT2D eigenvalue weighted by Crippen LogP contribution is 2.24. The Labute approximate surface area is 109 Å². The molecule has 18 heavy (non-hydrogen) atoms. The molecule has 0 radical (unpaired) electrons. The van der Waals surface area contributed by atoms with E-state index in [2.05, 4.69) is 10.5 Å². The molecular formula is C11H12ClN3O3. The van der Waals surface area contributed by atoms with Crippen molar-refractivity contribution in [2.45, 2.75) is 20.3 Å². The van der Waals surface area contributed by atoms with Gasteiger partial charge in [-0.05, 0) is 25.5 Å². The molecule has 0 aliphatic carbocycles. The number of amides is 1. The average molecular weight is 270 g/mol. The molecule has 0 bridgehead atoms. The van der Waals surface area contributed by atoms with Crippen LogP contribution in [-0.2, 0) is 0 Å². The number of carbonyl (C=O) groups is 1. The van der Waals surface area contributed by atoms with Crippen molar-refractivity contribution in [1.82, 2.24) is 5.43 Å². The zero-order chi connectivity index (χ0) is 13.7. The van der Waals surface area contributed by atoms with Crippen LogP contribution in [0.15, 0.2) is 23.3 Å². The normalized spacial score (nSPS) is 11.2. The lowest BCUT2D eigenvalue weighted by atomic mass is 10.2. The molecule has 0 heterocycles. The van der Waals surface area contributed by atoms with Crippen LogP contribution in [0.25, 0.3) is 0 Å². The van der Waals surface area contributed by atoms with Crippen molar-refractivity contribution in [3.63, 3.8) is 0 Å². The van der Waals surface area contributed by atoms with E-state index < -0.39 is 10.8 Å². The molecule has 0 spiro atoms. The molecule has 7 heteroatoms. The first kappa shape index (κ1) is 14.1. The first-order chi connectivity index (χ1) is 8.45. The topological polar surface area (TPSA) is 84.6 Å². The van der Waals surface area contributed by atoms with Gasteiger partial charge in [-0.15, -0.1) is 0 Å². The van der Waals surface area contributed by atoms with Crippen LogP contribution in [0.2, 0.25) is 5.02 Å². The molecule has 0 atom stereocenters. The number of hydrogen-bond acceptors (Lipinski definition) is 4. The van der Waals surface area contributed by atoms with E-state index in [0.29, 0.717) is 6.42 Å². The van der Waals surface area contributed by atoms with Crippen molar-refractivity contribution >= 4 is 28.9 Å². The number of nitrogens with one attached hydrogen (secondary N) is 1. The molecule has 0 fully saturated rings. The highest BCUT2D eigenvalue weighted by molar-refractivity contribution is 6.32. The van der Waals surface area contributed by atoms with Crippen LogP contribution in [0.1, 0.15) is 30.6 Å². The number of nitrogens with zero attached hydrogens (tertiary/aromatic N) is 2. The monoisotopic (exact) mass is 269 g/mol. The number of hydrazone groups is 1. The molecule has 1 N–H and O–H groups in total. The maximum atomic E-state index is 11.7. The highest BCUT2D eigenvalue weighted by Gasteiger charge is 2.15. The minimum Gasteiger partial charge on any atom is -0.267 e. The Balaban J connectivity index is 2.94. The van der Waals surface area contributed by atoms with E-state index in [4.69, 9.17) is 11.6 Å². The van der Waals surface area contributed by atoms with Crippen molar-refractivity contribution in [3.05, 3.63) is 38.9 Å². The second-order valence-corrected chi connectivity index (χ2v) is 3.97. The number of benzene rings is 1. The van der Waals surface area contributed by atoms with E-state index in [0.717, 1.165) is 11.8 Å². The Hall–Kier alpha value is -1.95. The van der Waals surface area contributed by atoms with E-state index in [9.17, 15) is 14.9 Å². The quantitative estimate of drug-likeness (QED) is 0.518. The third-order valence-electron chi connectivity index (χ3n) is 2.26. The maximum Gasteiger partial charge on any atom is 0.288 e. The van der Waals surface area contributed by atoms with Gasteiger partial charge in [0.2, 0.25) is 0 Å². The van der Waals surface area contributed by atoms with E-state index in [1.807, 2.05) is 6.92 Å². The fraction of sp³-hybridized carbons (Fsp3) is 0.273. The predicted octanol–water partition coefficient (Wildman–Crippen LogP) is 2.76. The van der Waals surface area contributed by atoms with Gasteiger partial charge in [0, 0.05) is 17.3 Å². The number of nitro groups is 1. The van der Waals surface area contributed by atoms with Gasteiger partial charge in [-0.1, -0.05) is 18.5 Å². The fourth-order valence-corrected chi connectivity index (χ4v) is 1.27. The fourth-order valence-electron chi connectivity index (χ4n) is 1.08. The van der Waals surface area contributed by atoms with Crippen molar-refractivity contribution in [3.8, 4) is 0 Å². The molecule has 0 saturated carbocycles. The van der Waals surface area contributed by atoms with Crippen LogP contribution in [0.4, 0.5) is 5.69 Å². The van der Waals surface area contributed by atoms with Gasteiger partial charge in [0.1, 0.15) is 5.02 Å². The molecule has 0 aliphatic rings. The number of nitro benzene ring substituents is 1. The van der Waals surface area contributed by atoms with Gasteiger partial charge in [-0.3, -0.25) is 14.9 Å². The molecule has 0 aromatic heterocycles. The van der Waals surface area contributed by atoms with Gasteiger partial charge in [-0.25, -0.2) is 5.43 Å². The van der Waals surface area contributed by atoms with Crippen LogP contribution < -0.4 is 5.43 Å². The van der Waals surface area contributed by atoms with Crippen LogP contribution in [0.3, 0.4) is 0 Å². The number of hydrogen-bond donors (Lipinski definition) is 1. The summed E-state index contributed by atoms with van der Waals surface area (Å²) in [5.41, 5.74) is 2.91. The zero-order valence-electron chi connectivity index (χ0n) is 9.94. The lowest BCUT2D eigenvalue weighted by molar-refractivity contribution is -0.384. The Kier molecular flexibility index (Phi) is 4.79. The summed E-state index contributed by atoms with van der Waals surface area (Å²) in [5.74, 6) is -0.512. The average Bonchev–Trinajstić information content (AvgIpc) is 2.35. The molecule has 0 aliphatic heterocycles. The summed E-state index contributed by atoms with van der Waals surface area (Å²) in [6, 6.07) is 3.83. The second-order valence-electron chi connectivity index (χ2n) is 3.56. The van der Waals surface area contributed by atoms with Gasteiger partial charge in [0.05, 0.1) is 4.92 Å². The van der Waals surface area contributed by atoms with Gasteiger partial charge < -0.3 is 0 Å². The summed E-state index contributed by atoms with van der Waals surface area (Å²) < 4.78 is 0. The predicted molar refractivity (Wildman–Crippen MR) is 69.0 cm³/mol. The number of carbonyl (C=O) groups excluding carboxylic acids is 1. The SMILES string of the molecule is CCC(C)=NNC(=O)c1ccc(Cl)c([N+](=O)[O-])c1. The van der Waals surface area contributed by atoms with E-state index in [-0.39, 0.29) is 16.3 Å². The molecule has 0 unspecified atom stereocenters. The molecule has 6 nitrogen and oxygen atoms in total. The van der Waals surface area contributed by atoms with Crippen molar-refractivity contribution in [2.24, 2.45) is 5.10 Å². The molecule has 96 valence electrons. The van der Waals surface area contributed by atoms with Crippen molar-refractivity contribution in [2.75, 3.05) is 0 Å². The first-order valence-electron chi connectivity index (χ1n) is 5.23. The summed E-state index contributed by atoms with van der Waals surface area (Å²) in [5, 5.41) is 14.5. The summed E-state index contributed by atoms with van der Waals surface area (Å²) in [6.45, 7) is 3.67. The van der Waals surface area contributed by atoms with Crippen LogP contribution >= 0.6 is 11.6 Å². The minimum atomic E-state index is -0.639. The second kappa shape index (κ2) is 6.11. The maximum absolute atomic E-state index is 11.7. The van der Waals surface area contributed by atoms with Crippen molar-refractivity contribution < 1.29 is 9.72 Å². The summed E-state index contributed by atoms with van der Waals surface area (Å²) in [4.78, 5) is 21.7. The summed E-state index contributed by atoms with van der Waals surface area (Å²) >= 11 is 5.64. The number of halogens is 1. The van der Waals surface area contributed by atoms with E-state index in [1.54, 1.807) is 6.92 Å². The molecule has 0 saturated heterocycles. The van der Waals surface area contributed by atoms with Crippen LogP contribution in [0.5, 0.6) is 0 Å². The Morgan fingerprint density at radius 1 is 1.56 bits per heavy atom. The summed E-state index contributed by atoms with van der Waals surface area (Å²) in [6.07, 6.45) is 0.709. The molecule has 1 aromatic carbocycles. The van der Waals surface area contributed by atoms with Crippen LogP contribution in [-0.4, -0.2) is 16.5 Å². The molecular weight excluding hydrogens is 258 g/mol. The smallest absolute Gasteiger partial charge is 0.267 e. The molecule has 1 aromatic rings. The molecule has 1 amide bonds. The van der Waals surface area contributed by atoms with Crippen LogP contribution in [0, 0.1) is 10.1 Å². The Morgan fingerprint density at radius 3 is 2.78 bits per heavy atom. The Bertz CT molecular complexity index is 514. The minimum absolute atomic E-state index is 0.00945. The zero-order valence-corrected chi connectivity index (χ0v) is 10.7.